The molecule has 0 amide bonds. The summed E-state index contributed by atoms with van der Waals surface area (Å²) in [5.41, 5.74) is 8.91. The number of aryl methyl sites for hydroxylation is 1. The minimum atomic E-state index is 0. The Bertz CT molecular complexity index is 492. The van der Waals surface area contributed by atoms with Crippen LogP contribution in [0.25, 0.3) is 0 Å². The highest BCUT2D eigenvalue weighted by Gasteiger charge is 2.55. The third kappa shape index (κ3) is 3.27. The molecule has 0 aliphatic heterocycles. The van der Waals surface area contributed by atoms with E-state index in [9.17, 15) is 0 Å². The first-order valence-electron chi connectivity index (χ1n) is 7.41. The van der Waals surface area contributed by atoms with Crippen LogP contribution in [-0.2, 0) is 6.42 Å². The second kappa shape index (κ2) is 6.33. The molecule has 2 saturated carbocycles. The quantitative estimate of drug-likeness (QED) is 0.471. The number of halogens is 1. The Balaban J connectivity index is 0.00000147. The van der Waals surface area contributed by atoms with Gasteiger partial charge in [0.2, 0.25) is 0 Å². The predicted molar refractivity (Wildman–Crippen MR) is 95.8 cm³/mol. The second-order valence-corrected chi connectivity index (χ2v) is 5.98. The fraction of sp³-hybridized carbons (Fsp3) is 0.562. The fourth-order valence-corrected chi connectivity index (χ4v) is 3.34. The van der Waals surface area contributed by atoms with Crippen LogP contribution in [0.3, 0.4) is 0 Å². The van der Waals surface area contributed by atoms with Crippen molar-refractivity contribution in [1.82, 2.24) is 0 Å². The highest BCUT2D eigenvalue weighted by Crippen LogP contribution is 2.59. The van der Waals surface area contributed by atoms with Gasteiger partial charge in [0.25, 0.3) is 0 Å². The number of guanidine groups is 1. The lowest BCUT2D eigenvalue weighted by Gasteiger charge is -2.08. The van der Waals surface area contributed by atoms with E-state index < -0.39 is 0 Å². The average molecular weight is 385 g/mol. The summed E-state index contributed by atoms with van der Waals surface area (Å²) < 4.78 is 0. The summed E-state index contributed by atoms with van der Waals surface area (Å²) in [6.45, 7) is 2.16. The van der Waals surface area contributed by atoms with Crippen LogP contribution in [-0.4, -0.2) is 12.0 Å². The van der Waals surface area contributed by atoms with Crippen LogP contribution in [0.2, 0.25) is 0 Å². The summed E-state index contributed by atoms with van der Waals surface area (Å²) in [6, 6.07) is 8.84. The van der Waals surface area contributed by atoms with Crippen LogP contribution in [0, 0.1) is 5.41 Å². The highest BCUT2D eigenvalue weighted by atomic mass is 127. The molecule has 0 saturated heterocycles. The van der Waals surface area contributed by atoms with Crippen molar-refractivity contribution in [3.05, 3.63) is 29.8 Å². The Morgan fingerprint density at radius 3 is 2.85 bits per heavy atom. The van der Waals surface area contributed by atoms with E-state index in [0.717, 1.165) is 12.1 Å². The topological polar surface area (TPSA) is 50.4 Å². The van der Waals surface area contributed by atoms with E-state index >= 15 is 0 Å². The van der Waals surface area contributed by atoms with Gasteiger partial charge in [0.05, 0.1) is 6.04 Å². The summed E-state index contributed by atoms with van der Waals surface area (Å²) >= 11 is 0. The summed E-state index contributed by atoms with van der Waals surface area (Å²) in [7, 11) is 0. The third-order valence-electron chi connectivity index (χ3n) is 4.65. The van der Waals surface area contributed by atoms with Crippen molar-refractivity contribution < 1.29 is 0 Å². The molecule has 20 heavy (non-hydrogen) atoms. The van der Waals surface area contributed by atoms with Gasteiger partial charge in [0.1, 0.15) is 0 Å². The molecule has 3 N–H and O–H groups in total. The highest BCUT2D eigenvalue weighted by molar-refractivity contribution is 14.0. The molecule has 2 aliphatic rings. The van der Waals surface area contributed by atoms with Crippen molar-refractivity contribution in [2.24, 2.45) is 16.1 Å². The molecule has 1 atom stereocenters. The molecule has 2 aliphatic carbocycles. The second-order valence-electron chi connectivity index (χ2n) is 5.98. The Morgan fingerprint density at radius 2 is 2.15 bits per heavy atom. The Hall–Kier alpha value is -0.780. The Morgan fingerprint density at radius 1 is 1.40 bits per heavy atom. The first-order chi connectivity index (χ1) is 9.22. The largest absolute Gasteiger partial charge is 0.370 e. The van der Waals surface area contributed by atoms with Gasteiger partial charge in [-0.25, -0.2) is 4.99 Å². The smallest absolute Gasteiger partial charge is 0.193 e. The zero-order chi connectivity index (χ0) is 13.3. The lowest BCUT2D eigenvalue weighted by molar-refractivity contribution is 0.511. The number of aliphatic imine (C=N–C) groups is 1. The number of benzene rings is 1. The van der Waals surface area contributed by atoms with Crippen LogP contribution in [0.4, 0.5) is 5.69 Å². The normalized spacial score (nSPS) is 23.4. The van der Waals surface area contributed by atoms with Crippen molar-refractivity contribution in [2.45, 2.75) is 51.5 Å². The summed E-state index contributed by atoms with van der Waals surface area (Å²) in [6.07, 6.45) is 7.72. The lowest BCUT2D eigenvalue weighted by Crippen LogP contribution is -2.23. The van der Waals surface area contributed by atoms with Crippen molar-refractivity contribution in [3.63, 3.8) is 0 Å². The van der Waals surface area contributed by atoms with E-state index in [0.29, 0.717) is 17.4 Å². The maximum Gasteiger partial charge on any atom is 0.193 e. The molecule has 110 valence electrons. The van der Waals surface area contributed by atoms with Gasteiger partial charge in [-0.05, 0) is 48.8 Å². The van der Waals surface area contributed by atoms with Crippen molar-refractivity contribution >= 4 is 35.6 Å². The number of anilines is 1. The molecular weight excluding hydrogens is 361 g/mol. The molecule has 1 aromatic rings. The van der Waals surface area contributed by atoms with Crippen molar-refractivity contribution in [1.29, 1.82) is 0 Å². The van der Waals surface area contributed by atoms with Crippen LogP contribution >= 0.6 is 24.0 Å². The number of nitrogens with two attached hydrogens (primary N) is 1. The van der Waals surface area contributed by atoms with Gasteiger partial charge >= 0.3 is 0 Å². The van der Waals surface area contributed by atoms with Crippen LogP contribution < -0.4 is 11.1 Å². The monoisotopic (exact) mass is 385 g/mol. The lowest BCUT2D eigenvalue weighted by atomic mass is 10.1. The average Bonchev–Trinajstić information content (AvgIpc) is 2.85. The molecule has 4 heteroatoms. The molecule has 0 bridgehead atoms. The molecule has 1 spiro atoms. The minimum Gasteiger partial charge on any atom is -0.370 e. The minimum absolute atomic E-state index is 0. The zero-order valence-electron chi connectivity index (χ0n) is 12.1. The van der Waals surface area contributed by atoms with E-state index in [1.54, 1.807) is 0 Å². The molecule has 1 unspecified atom stereocenters. The van der Waals surface area contributed by atoms with Gasteiger partial charge in [-0.15, -0.1) is 24.0 Å². The van der Waals surface area contributed by atoms with Crippen molar-refractivity contribution in [2.75, 3.05) is 5.32 Å². The van der Waals surface area contributed by atoms with Crippen molar-refractivity contribution in [3.8, 4) is 0 Å². The maximum atomic E-state index is 6.03. The van der Waals surface area contributed by atoms with Gasteiger partial charge in [-0.3, -0.25) is 0 Å². The van der Waals surface area contributed by atoms with Crippen LogP contribution in [0.15, 0.2) is 29.3 Å². The summed E-state index contributed by atoms with van der Waals surface area (Å²) in [4.78, 5) is 4.66. The molecule has 2 fully saturated rings. The van der Waals surface area contributed by atoms with Gasteiger partial charge in [-0.1, -0.05) is 31.9 Å². The summed E-state index contributed by atoms with van der Waals surface area (Å²) in [5, 5.41) is 3.22. The first kappa shape index (κ1) is 15.6. The number of nitrogens with one attached hydrogen (secondary N) is 1. The zero-order valence-corrected chi connectivity index (χ0v) is 14.4. The molecule has 3 rings (SSSR count). The SMILES string of the molecule is CCc1cccc(NC(N)=NC2CC23CCCC3)c1.I. The van der Waals surface area contributed by atoms with E-state index in [-0.39, 0.29) is 24.0 Å². The van der Waals surface area contributed by atoms with Gasteiger partial charge < -0.3 is 11.1 Å². The molecule has 3 nitrogen and oxygen atoms in total. The fourth-order valence-electron chi connectivity index (χ4n) is 3.34. The molecule has 0 aromatic heterocycles. The standard InChI is InChI=1S/C16H23N3.HI/c1-2-12-6-5-7-13(10-12)18-15(17)19-14-11-16(14)8-3-4-9-16;/h5-7,10,14H,2-4,8-9,11H2,1H3,(H3,17,18,19);1H. The van der Waals surface area contributed by atoms with E-state index in [4.69, 9.17) is 5.73 Å². The number of nitrogens with zero attached hydrogens (tertiary/aromatic N) is 1. The van der Waals surface area contributed by atoms with Crippen LogP contribution in [0.1, 0.15) is 44.6 Å². The number of hydrogen-bond donors (Lipinski definition) is 2. The number of rotatable bonds is 3. The van der Waals surface area contributed by atoms with Gasteiger partial charge in [-0.2, -0.15) is 0 Å². The first-order valence-corrected chi connectivity index (χ1v) is 7.41. The molecule has 0 heterocycles. The van der Waals surface area contributed by atoms with E-state index in [1.807, 2.05) is 6.07 Å². The van der Waals surface area contributed by atoms with E-state index in [1.165, 1.54) is 37.7 Å². The van der Waals surface area contributed by atoms with Gasteiger partial charge in [0, 0.05) is 5.69 Å². The van der Waals surface area contributed by atoms with E-state index in [2.05, 4.69) is 35.4 Å². The number of hydrogen-bond acceptors (Lipinski definition) is 1. The third-order valence-corrected chi connectivity index (χ3v) is 4.65. The Kier molecular flexibility index (Phi) is 4.94. The maximum absolute atomic E-state index is 6.03. The predicted octanol–water partition coefficient (Wildman–Crippen LogP) is 3.93. The Labute approximate surface area is 138 Å². The molecule has 1 aromatic carbocycles. The van der Waals surface area contributed by atoms with Crippen LogP contribution in [0.5, 0.6) is 0 Å². The molecular formula is C16H24IN3. The molecule has 0 radical (unpaired) electrons. The summed E-state index contributed by atoms with van der Waals surface area (Å²) in [5.74, 6) is 0.571. The van der Waals surface area contributed by atoms with Gasteiger partial charge in [0.15, 0.2) is 5.96 Å².